The number of esters is 1. The standard InChI is InChI=1S/C15H18N2O5/c1-2-22-15(21)10-5-8-17(9-6-10)13(18)12-11(14(19)20)4-3-7-16-12/h3-4,7,10H,2,5-6,8-9H2,1H3,(H,19,20). The maximum Gasteiger partial charge on any atom is 0.338 e. The molecule has 0 aliphatic carbocycles. The molecule has 0 aromatic carbocycles. The number of carbonyl (C=O) groups is 3. The van der Waals surface area contributed by atoms with Crippen LogP contribution in [0.15, 0.2) is 18.3 Å². The van der Waals surface area contributed by atoms with E-state index in [1.165, 1.54) is 23.2 Å². The van der Waals surface area contributed by atoms with Crippen molar-refractivity contribution >= 4 is 17.8 Å². The minimum Gasteiger partial charge on any atom is -0.478 e. The van der Waals surface area contributed by atoms with Crippen molar-refractivity contribution in [2.45, 2.75) is 19.8 Å². The highest BCUT2D eigenvalue weighted by molar-refractivity contribution is 6.03. The van der Waals surface area contributed by atoms with Gasteiger partial charge in [0.2, 0.25) is 0 Å². The number of aromatic nitrogens is 1. The van der Waals surface area contributed by atoms with E-state index in [0.29, 0.717) is 32.5 Å². The van der Waals surface area contributed by atoms with Gasteiger partial charge in [0, 0.05) is 19.3 Å². The normalized spacial score (nSPS) is 15.4. The summed E-state index contributed by atoms with van der Waals surface area (Å²) in [6, 6.07) is 2.83. The van der Waals surface area contributed by atoms with Crippen LogP contribution in [0.1, 0.15) is 40.6 Å². The highest BCUT2D eigenvalue weighted by atomic mass is 16.5. The molecule has 0 unspecified atom stereocenters. The second-order valence-electron chi connectivity index (χ2n) is 5.02. The third-order valence-corrected chi connectivity index (χ3v) is 3.64. The zero-order chi connectivity index (χ0) is 16.1. The number of carbonyl (C=O) groups excluding carboxylic acids is 2. The molecule has 0 spiro atoms. The van der Waals surface area contributed by atoms with Crippen LogP contribution in [-0.2, 0) is 9.53 Å². The molecule has 22 heavy (non-hydrogen) atoms. The molecule has 2 rings (SSSR count). The first-order valence-electron chi connectivity index (χ1n) is 7.18. The predicted octanol–water partition coefficient (Wildman–Crippen LogP) is 1.20. The molecule has 1 aromatic rings. The Morgan fingerprint density at radius 3 is 2.64 bits per heavy atom. The summed E-state index contributed by atoms with van der Waals surface area (Å²) in [6.07, 6.45) is 2.42. The van der Waals surface area contributed by atoms with Crippen molar-refractivity contribution in [1.29, 1.82) is 0 Å². The fraction of sp³-hybridized carbons (Fsp3) is 0.467. The molecule has 0 saturated carbocycles. The van der Waals surface area contributed by atoms with Crippen molar-refractivity contribution in [2.24, 2.45) is 5.92 Å². The first kappa shape index (κ1) is 15.9. The van der Waals surface area contributed by atoms with Crippen LogP contribution >= 0.6 is 0 Å². The monoisotopic (exact) mass is 306 g/mol. The van der Waals surface area contributed by atoms with Crippen LogP contribution in [0.4, 0.5) is 0 Å². The van der Waals surface area contributed by atoms with E-state index in [4.69, 9.17) is 9.84 Å². The molecule has 0 bridgehead atoms. The third kappa shape index (κ3) is 3.41. The SMILES string of the molecule is CCOC(=O)C1CCN(C(=O)c2ncccc2C(=O)O)CC1. The number of amides is 1. The number of pyridine rings is 1. The zero-order valence-electron chi connectivity index (χ0n) is 12.3. The van der Waals surface area contributed by atoms with E-state index in [-0.39, 0.29) is 23.1 Å². The van der Waals surface area contributed by atoms with Gasteiger partial charge in [0.1, 0.15) is 5.69 Å². The Morgan fingerprint density at radius 2 is 2.05 bits per heavy atom. The minimum atomic E-state index is -1.18. The van der Waals surface area contributed by atoms with Gasteiger partial charge in [-0.15, -0.1) is 0 Å². The van der Waals surface area contributed by atoms with Crippen molar-refractivity contribution in [1.82, 2.24) is 9.88 Å². The van der Waals surface area contributed by atoms with Gasteiger partial charge in [-0.1, -0.05) is 0 Å². The summed E-state index contributed by atoms with van der Waals surface area (Å²) in [4.78, 5) is 40.7. The van der Waals surface area contributed by atoms with Crippen LogP contribution in [0.5, 0.6) is 0 Å². The summed E-state index contributed by atoms with van der Waals surface area (Å²) in [5.74, 6) is -2.04. The number of carboxylic acid groups (broad SMARTS) is 1. The predicted molar refractivity (Wildman–Crippen MR) is 76.5 cm³/mol. The molecular weight excluding hydrogens is 288 g/mol. The molecule has 2 heterocycles. The minimum absolute atomic E-state index is 0.0652. The number of hydrogen-bond acceptors (Lipinski definition) is 5. The lowest BCUT2D eigenvalue weighted by molar-refractivity contribution is -0.149. The molecule has 0 radical (unpaired) electrons. The van der Waals surface area contributed by atoms with E-state index in [1.54, 1.807) is 6.92 Å². The Balaban J connectivity index is 2.04. The molecule has 0 atom stereocenters. The van der Waals surface area contributed by atoms with Gasteiger partial charge in [-0.3, -0.25) is 14.6 Å². The average molecular weight is 306 g/mol. The topological polar surface area (TPSA) is 96.8 Å². The third-order valence-electron chi connectivity index (χ3n) is 3.64. The van der Waals surface area contributed by atoms with Crippen molar-refractivity contribution in [3.63, 3.8) is 0 Å². The van der Waals surface area contributed by atoms with Crippen LogP contribution < -0.4 is 0 Å². The first-order valence-corrected chi connectivity index (χ1v) is 7.18. The second-order valence-corrected chi connectivity index (χ2v) is 5.02. The summed E-state index contributed by atoms with van der Waals surface area (Å²) in [5, 5.41) is 9.11. The van der Waals surface area contributed by atoms with Crippen LogP contribution in [0.3, 0.4) is 0 Å². The fourth-order valence-electron chi connectivity index (χ4n) is 2.48. The zero-order valence-corrected chi connectivity index (χ0v) is 12.3. The van der Waals surface area contributed by atoms with Crippen molar-refractivity contribution in [3.8, 4) is 0 Å². The highest BCUT2D eigenvalue weighted by Gasteiger charge is 2.30. The van der Waals surface area contributed by atoms with Gasteiger partial charge in [-0.05, 0) is 31.9 Å². The summed E-state index contributed by atoms with van der Waals surface area (Å²) >= 11 is 0. The Hall–Kier alpha value is -2.44. The summed E-state index contributed by atoms with van der Waals surface area (Å²) in [5.41, 5.74) is -0.176. The van der Waals surface area contributed by atoms with Gasteiger partial charge >= 0.3 is 11.9 Å². The van der Waals surface area contributed by atoms with E-state index < -0.39 is 11.9 Å². The maximum atomic E-state index is 12.4. The Labute approximate surface area is 127 Å². The fourth-order valence-corrected chi connectivity index (χ4v) is 2.48. The molecule has 1 aromatic heterocycles. The van der Waals surface area contributed by atoms with E-state index in [9.17, 15) is 14.4 Å². The second kappa shape index (κ2) is 7.02. The molecule has 118 valence electrons. The molecule has 7 heteroatoms. The summed E-state index contributed by atoms with van der Waals surface area (Å²) in [7, 11) is 0. The number of nitrogens with zero attached hydrogens (tertiary/aromatic N) is 2. The molecular formula is C15H18N2O5. The van der Waals surface area contributed by atoms with Crippen LogP contribution in [0.25, 0.3) is 0 Å². The van der Waals surface area contributed by atoms with E-state index >= 15 is 0 Å². The van der Waals surface area contributed by atoms with Gasteiger partial charge < -0.3 is 14.7 Å². The van der Waals surface area contributed by atoms with Crippen LogP contribution in [-0.4, -0.2) is 52.5 Å². The summed E-state index contributed by atoms with van der Waals surface area (Å²) in [6.45, 7) is 2.87. The number of hydrogen-bond donors (Lipinski definition) is 1. The molecule has 1 saturated heterocycles. The van der Waals surface area contributed by atoms with Crippen molar-refractivity contribution in [2.75, 3.05) is 19.7 Å². The lowest BCUT2D eigenvalue weighted by Crippen LogP contribution is -2.41. The molecule has 1 aliphatic rings. The molecule has 7 nitrogen and oxygen atoms in total. The molecule has 1 amide bonds. The van der Waals surface area contributed by atoms with Crippen molar-refractivity contribution < 1.29 is 24.2 Å². The Kier molecular flexibility index (Phi) is 5.08. The summed E-state index contributed by atoms with van der Waals surface area (Å²) < 4.78 is 4.98. The molecule has 1 fully saturated rings. The molecule has 1 aliphatic heterocycles. The lowest BCUT2D eigenvalue weighted by Gasteiger charge is -2.30. The number of likely N-dealkylation sites (tertiary alicyclic amines) is 1. The number of rotatable bonds is 4. The number of ether oxygens (including phenoxy) is 1. The van der Waals surface area contributed by atoms with Crippen LogP contribution in [0, 0.1) is 5.92 Å². The van der Waals surface area contributed by atoms with E-state index in [1.807, 2.05) is 0 Å². The maximum absolute atomic E-state index is 12.4. The van der Waals surface area contributed by atoms with Gasteiger partial charge in [0.15, 0.2) is 0 Å². The smallest absolute Gasteiger partial charge is 0.338 e. The van der Waals surface area contributed by atoms with E-state index in [2.05, 4.69) is 4.98 Å². The first-order chi connectivity index (χ1) is 10.5. The van der Waals surface area contributed by atoms with Gasteiger partial charge in [-0.2, -0.15) is 0 Å². The lowest BCUT2D eigenvalue weighted by atomic mass is 9.96. The number of aromatic carboxylic acids is 1. The van der Waals surface area contributed by atoms with Gasteiger partial charge in [0.25, 0.3) is 5.91 Å². The quantitative estimate of drug-likeness (QED) is 0.839. The molecule has 1 N–H and O–H groups in total. The highest BCUT2D eigenvalue weighted by Crippen LogP contribution is 2.20. The van der Waals surface area contributed by atoms with Gasteiger partial charge in [0.05, 0.1) is 18.1 Å². The number of piperidine rings is 1. The largest absolute Gasteiger partial charge is 0.478 e. The van der Waals surface area contributed by atoms with Gasteiger partial charge in [-0.25, -0.2) is 4.79 Å². The van der Waals surface area contributed by atoms with E-state index in [0.717, 1.165) is 0 Å². The van der Waals surface area contributed by atoms with Crippen LogP contribution in [0.2, 0.25) is 0 Å². The Bertz CT molecular complexity index is 579. The van der Waals surface area contributed by atoms with Crippen molar-refractivity contribution in [3.05, 3.63) is 29.6 Å². The number of carboxylic acids is 1. The average Bonchev–Trinajstić information content (AvgIpc) is 2.54. The Morgan fingerprint density at radius 1 is 1.36 bits per heavy atom.